The Labute approximate surface area is 156 Å². The molecule has 4 rings (SSSR count). The van der Waals surface area contributed by atoms with Crippen molar-refractivity contribution in [3.05, 3.63) is 28.2 Å². The molecule has 0 aromatic carbocycles. The minimum atomic E-state index is 0.201. The third kappa shape index (κ3) is 3.31. The summed E-state index contributed by atoms with van der Waals surface area (Å²) in [7, 11) is 0. The van der Waals surface area contributed by atoms with Crippen LogP contribution in [-0.2, 0) is 17.8 Å². The predicted molar refractivity (Wildman–Crippen MR) is 102 cm³/mol. The highest BCUT2D eigenvalue weighted by Crippen LogP contribution is 2.57. The van der Waals surface area contributed by atoms with E-state index in [1.807, 2.05) is 0 Å². The van der Waals surface area contributed by atoms with Crippen LogP contribution in [0.1, 0.15) is 44.5 Å². The van der Waals surface area contributed by atoms with Gasteiger partial charge in [0.2, 0.25) is 11.0 Å². The van der Waals surface area contributed by atoms with Crippen LogP contribution in [0.4, 0.5) is 5.13 Å². The first-order valence-electron chi connectivity index (χ1n) is 8.97. The predicted octanol–water partition coefficient (Wildman–Crippen LogP) is 3.57. The standard InChI is InChI=1S/C18H24N4OS2/c1-3-16-19-17(25-20-16)21-7-5-18(6-8-21)10-15(18)22(13(2)23)11-14-4-9-24-12-14/h4,9,12,15H,3,5-8,10-11H2,1-2H3/t15-/m0/s1. The Kier molecular flexibility index (Phi) is 4.54. The number of anilines is 1. The maximum atomic E-state index is 12.2. The zero-order chi connectivity index (χ0) is 17.4. The number of nitrogens with zero attached hydrogens (tertiary/aromatic N) is 4. The van der Waals surface area contributed by atoms with Gasteiger partial charge in [-0.15, -0.1) is 0 Å². The third-order valence-corrected chi connectivity index (χ3v) is 7.21. The molecule has 3 heterocycles. The van der Waals surface area contributed by atoms with Crippen molar-refractivity contribution in [2.45, 2.75) is 52.1 Å². The van der Waals surface area contributed by atoms with Crippen LogP contribution in [-0.4, -0.2) is 39.3 Å². The number of thiophene rings is 1. The molecule has 0 radical (unpaired) electrons. The van der Waals surface area contributed by atoms with E-state index in [1.165, 1.54) is 17.1 Å². The number of hydrogen-bond acceptors (Lipinski definition) is 6. The lowest BCUT2D eigenvalue weighted by atomic mass is 9.92. The van der Waals surface area contributed by atoms with Crippen molar-refractivity contribution in [2.75, 3.05) is 18.0 Å². The lowest BCUT2D eigenvalue weighted by molar-refractivity contribution is -0.130. The molecule has 1 atom stereocenters. The summed E-state index contributed by atoms with van der Waals surface area (Å²) >= 11 is 3.22. The zero-order valence-electron chi connectivity index (χ0n) is 14.8. The van der Waals surface area contributed by atoms with E-state index < -0.39 is 0 Å². The summed E-state index contributed by atoms with van der Waals surface area (Å²) in [5.74, 6) is 1.15. The molecule has 2 aromatic rings. The Morgan fingerprint density at radius 3 is 2.84 bits per heavy atom. The molecule has 1 saturated heterocycles. The number of carbonyl (C=O) groups excluding carboxylic acids is 1. The van der Waals surface area contributed by atoms with E-state index in [4.69, 9.17) is 0 Å². The van der Waals surface area contributed by atoms with E-state index in [1.54, 1.807) is 18.3 Å². The summed E-state index contributed by atoms with van der Waals surface area (Å²) in [4.78, 5) is 21.3. The molecule has 1 saturated carbocycles. The first-order chi connectivity index (χ1) is 12.1. The molecule has 1 aliphatic heterocycles. The normalized spacial score (nSPS) is 21.5. The molecule has 5 nitrogen and oxygen atoms in total. The number of amides is 1. The van der Waals surface area contributed by atoms with Crippen LogP contribution >= 0.6 is 22.9 Å². The highest BCUT2D eigenvalue weighted by molar-refractivity contribution is 7.09. The Hall–Kier alpha value is -1.47. The summed E-state index contributed by atoms with van der Waals surface area (Å²) in [6.07, 6.45) is 4.34. The van der Waals surface area contributed by atoms with Gasteiger partial charge in [0.15, 0.2) is 0 Å². The van der Waals surface area contributed by atoms with Gasteiger partial charge in [-0.05, 0) is 47.1 Å². The molecule has 2 aliphatic rings. The molecule has 134 valence electrons. The number of piperidine rings is 1. The van der Waals surface area contributed by atoms with Gasteiger partial charge in [0.05, 0.1) is 0 Å². The van der Waals surface area contributed by atoms with E-state index in [2.05, 4.69) is 42.9 Å². The molecule has 2 aromatic heterocycles. The number of aromatic nitrogens is 2. The fourth-order valence-electron chi connectivity index (χ4n) is 3.98. The molecule has 0 N–H and O–H groups in total. The van der Waals surface area contributed by atoms with E-state index >= 15 is 0 Å². The lowest BCUT2D eigenvalue weighted by Crippen LogP contribution is -2.40. The average Bonchev–Trinajstić information content (AvgIpc) is 3.04. The van der Waals surface area contributed by atoms with Crippen LogP contribution < -0.4 is 4.90 Å². The smallest absolute Gasteiger partial charge is 0.220 e. The Balaban J connectivity index is 1.39. The van der Waals surface area contributed by atoms with Crippen LogP contribution in [0.5, 0.6) is 0 Å². The first-order valence-corrected chi connectivity index (χ1v) is 10.7. The molecule has 2 fully saturated rings. The van der Waals surface area contributed by atoms with Crippen molar-refractivity contribution < 1.29 is 4.79 Å². The second-order valence-electron chi connectivity index (χ2n) is 7.19. The molecule has 0 bridgehead atoms. The Morgan fingerprint density at radius 2 is 2.24 bits per heavy atom. The highest BCUT2D eigenvalue weighted by atomic mass is 32.1. The lowest BCUT2D eigenvalue weighted by Gasteiger charge is -2.34. The van der Waals surface area contributed by atoms with Crippen LogP contribution in [0.2, 0.25) is 0 Å². The maximum absolute atomic E-state index is 12.2. The third-order valence-electron chi connectivity index (χ3n) is 5.66. The van der Waals surface area contributed by atoms with E-state index in [0.717, 1.165) is 56.3 Å². The summed E-state index contributed by atoms with van der Waals surface area (Å²) in [5.41, 5.74) is 1.58. The van der Waals surface area contributed by atoms with Gasteiger partial charge < -0.3 is 9.80 Å². The van der Waals surface area contributed by atoms with Gasteiger partial charge >= 0.3 is 0 Å². The zero-order valence-corrected chi connectivity index (χ0v) is 16.4. The van der Waals surface area contributed by atoms with Crippen LogP contribution in [0.25, 0.3) is 0 Å². The van der Waals surface area contributed by atoms with Crippen molar-refractivity contribution in [3.8, 4) is 0 Å². The van der Waals surface area contributed by atoms with Crippen LogP contribution in [0.3, 0.4) is 0 Å². The number of carbonyl (C=O) groups is 1. The number of hydrogen-bond donors (Lipinski definition) is 0. The molecule has 7 heteroatoms. The van der Waals surface area contributed by atoms with Gasteiger partial charge in [-0.1, -0.05) is 6.92 Å². The summed E-state index contributed by atoms with van der Waals surface area (Å²) in [6.45, 7) is 6.61. The molecule has 0 unspecified atom stereocenters. The van der Waals surface area contributed by atoms with E-state index in [-0.39, 0.29) is 5.91 Å². The van der Waals surface area contributed by atoms with Gasteiger partial charge in [-0.2, -0.15) is 15.7 Å². The molecular formula is C18H24N4OS2. The van der Waals surface area contributed by atoms with Crippen molar-refractivity contribution >= 4 is 33.9 Å². The van der Waals surface area contributed by atoms with Crippen molar-refractivity contribution in [2.24, 2.45) is 5.41 Å². The molecule has 1 amide bonds. The fraction of sp³-hybridized carbons (Fsp3) is 0.611. The summed E-state index contributed by atoms with van der Waals surface area (Å²) in [5, 5.41) is 5.29. The second kappa shape index (κ2) is 6.68. The molecule has 1 spiro atoms. The quantitative estimate of drug-likeness (QED) is 0.800. The van der Waals surface area contributed by atoms with Crippen molar-refractivity contribution in [1.82, 2.24) is 14.3 Å². The van der Waals surface area contributed by atoms with Crippen molar-refractivity contribution in [1.29, 1.82) is 0 Å². The maximum Gasteiger partial charge on any atom is 0.220 e. The fourth-order valence-corrected chi connectivity index (χ4v) is 5.45. The van der Waals surface area contributed by atoms with E-state index in [9.17, 15) is 4.79 Å². The second-order valence-corrected chi connectivity index (χ2v) is 8.70. The summed E-state index contributed by atoms with van der Waals surface area (Å²) < 4.78 is 4.41. The minimum Gasteiger partial charge on any atom is -0.347 e. The molecular weight excluding hydrogens is 352 g/mol. The molecule has 1 aliphatic carbocycles. The molecule has 25 heavy (non-hydrogen) atoms. The summed E-state index contributed by atoms with van der Waals surface area (Å²) in [6, 6.07) is 2.53. The van der Waals surface area contributed by atoms with Gasteiger partial charge in [0, 0.05) is 50.6 Å². The van der Waals surface area contributed by atoms with Gasteiger partial charge in [-0.25, -0.2) is 4.98 Å². The number of aryl methyl sites for hydroxylation is 1. The van der Waals surface area contributed by atoms with Crippen molar-refractivity contribution in [3.63, 3.8) is 0 Å². The largest absolute Gasteiger partial charge is 0.347 e. The van der Waals surface area contributed by atoms with Crippen LogP contribution in [0.15, 0.2) is 16.8 Å². The first kappa shape index (κ1) is 17.0. The Bertz CT molecular complexity index is 734. The van der Waals surface area contributed by atoms with Gasteiger partial charge in [0.1, 0.15) is 5.82 Å². The SMILES string of the molecule is CCc1nsc(N2CCC3(CC2)C[C@@H]3N(Cc2ccsc2)C(C)=O)n1. The minimum absolute atomic E-state index is 0.201. The monoisotopic (exact) mass is 376 g/mol. The highest BCUT2D eigenvalue weighted by Gasteiger charge is 2.58. The van der Waals surface area contributed by atoms with Gasteiger partial charge in [-0.3, -0.25) is 4.79 Å². The Morgan fingerprint density at radius 1 is 1.44 bits per heavy atom. The van der Waals surface area contributed by atoms with Gasteiger partial charge in [0.25, 0.3) is 0 Å². The number of rotatable bonds is 5. The van der Waals surface area contributed by atoms with Crippen LogP contribution in [0, 0.1) is 5.41 Å². The average molecular weight is 377 g/mol. The van der Waals surface area contributed by atoms with E-state index in [0.29, 0.717) is 11.5 Å². The topological polar surface area (TPSA) is 49.3 Å².